The second-order valence-electron chi connectivity index (χ2n) is 5.63. The Hall–Kier alpha value is -1.34. The Morgan fingerprint density at radius 1 is 1.38 bits per heavy atom. The van der Waals surface area contributed by atoms with Crippen LogP contribution in [0.4, 0.5) is 0 Å². The molecule has 0 amide bonds. The summed E-state index contributed by atoms with van der Waals surface area (Å²) in [6.07, 6.45) is 3.04. The lowest BCUT2D eigenvalue weighted by atomic mass is 9.98. The quantitative estimate of drug-likeness (QED) is 0.843. The van der Waals surface area contributed by atoms with Crippen LogP contribution in [0, 0.1) is 17.8 Å². The highest BCUT2D eigenvalue weighted by Crippen LogP contribution is 2.20. The molecule has 0 bridgehead atoms. The van der Waals surface area contributed by atoms with E-state index in [-0.39, 0.29) is 6.61 Å². The molecule has 1 unspecified atom stereocenters. The van der Waals surface area contributed by atoms with Crippen LogP contribution in [0.1, 0.15) is 30.4 Å². The van der Waals surface area contributed by atoms with Gasteiger partial charge in [-0.2, -0.15) is 0 Å². The summed E-state index contributed by atoms with van der Waals surface area (Å²) in [6, 6.07) is 8.32. The summed E-state index contributed by atoms with van der Waals surface area (Å²) in [5, 5.41) is 8.83. The van der Waals surface area contributed by atoms with Gasteiger partial charge in [0.25, 0.3) is 0 Å². The summed E-state index contributed by atoms with van der Waals surface area (Å²) < 4.78 is 5.30. The molecule has 2 rings (SSSR count). The van der Waals surface area contributed by atoms with E-state index in [1.807, 2.05) is 6.07 Å². The fourth-order valence-electron chi connectivity index (χ4n) is 2.90. The molecule has 1 fully saturated rings. The van der Waals surface area contributed by atoms with Gasteiger partial charge in [-0.25, -0.2) is 0 Å². The van der Waals surface area contributed by atoms with Crippen LogP contribution >= 0.6 is 0 Å². The molecule has 1 aromatic rings. The Morgan fingerprint density at radius 2 is 2.24 bits per heavy atom. The van der Waals surface area contributed by atoms with Crippen molar-refractivity contribution in [3.8, 4) is 11.8 Å². The van der Waals surface area contributed by atoms with Crippen molar-refractivity contribution in [3.63, 3.8) is 0 Å². The molecule has 1 heterocycles. The summed E-state index contributed by atoms with van der Waals surface area (Å²) in [5.74, 6) is 6.85. The molecule has 3 nitrogen and oxygen atoms in total. The van der Waals surface area contributed by atoms with E-state index in [0.29, 0.717) is 12.3 Å². The first kappa shape index (κ1) is 16.0. The molecule has 0 spiro atoms. The molecule has 1 atom stereocenters. The number of benzene rings is 1. The minimum Gasteiger partial charge on any atom is -0.395 e. The topological polar surface area (TPSA) is 32.7 Å². The van der Waals surface area contributed by atoms with Gasteiger partial charge < -0.3 is 9.84 Å². The zero-order valence-electron chi connectivity index (χ0n) is 12.8. The van der Waals surface area contributed by atoms with E-state index in [1.54, 1.807) is 7.11 Å². The van der Waals surface area contributed by atoms with Gasteiger partial charge in [0, 0.05) is 32.2 Å². The summed E-state index contributed by atoms with van der Waals surface area (Å²) in [7, 11) is 1.78. The molecule has 1 aromatic carbocycles. The molecule has 1 aliphatic heterocycles. The van der Waals surface area contributed by atoms with Gasteiger partial charge in [0.1, 0.15) is 0 Å². The van der Waals surface area contributed by atoms with Gasteiger partial charge in [-0.1, -0.05) is 30.0 Å². The van der Waals surface area contributed by atoms with Crippen molar-refractivity contribution in [2.75, 3.05) is 33.4 Å². The summed E-state index contributed by atoms with van der Waals surface area (Å²) in [5.41, 5.74) is 2.36. The van der Waals surface area contributed by atoms with Crippen LogP contribution in [0.3, 0.4) is 0 Å². The minimum atomic E-state index is 0.125. The van der Waals surface area contributed by atoms with E-state index in [1.165, 1.54) is 18.4 Å². The fourth-order valence-corrected chi connectivity index (χ4v) is 2.90. The number of piperidine rings is 1. The standard InChI is InChI=1S/C18H25NO2/c1-21-15-16-7-6-11-19(13-16)14-18-10-3-2-8-17(18)9-4-5-12-20/h2-3,8,10,16,20H,5-7,11-15H2,1H3. The van der Waals surface area contributed by atoms with E-state index in [4.69, 9.17) is 9.84 Å². The molecule has 1 saturated heterocycles. The highest BCUT2D eigenvalue weighted by molar-refractivity contribution is 5.41. The molecule has 1 aliphatic rings. The number of hydrogen-bond donors (Lipinski definition) is 1. The number of rotatable bonds is 5. The molecular weight excluding hydrogens is 262 g/mol. The molecule has 0 saturated carbocycles. The lowest BCUT2D eigenvalue weighted by Crippen LogP contribution is -2.36. The number of ether oxygens (including phenoxy) is 1. The van der Waals surface area contributed by atoms with Crippen molar-refractivity contribution in [2.45, 2.75) is 25.8 Å². The van der Waals surface area contributed by atoms with E-state index >= 15 is 0 Å². The van der Waals surface area contributed by atoms with Gasteiger partial charge in [-0.3, -0.25) is 4.90 Å². The van der Waals surface area contributed by atoms with Crippen molar-refractivity contribution >= 4 is 0 Å². The third-order valence-corrected chi connectivity index (χ3v) is 3.88. The molecule has 3 heteroatoms. The predicted molar refractivity (Wildman–Crippen MR) is 84.9 cm³/mol. The average molecular weight is 287 g/mol. The van der Waals surface area contributed by atoms with Gasteiger partial charge in [0.15, 0.2) is 0 Å². The van der Waals surface area contributed by atoms with Crippen LogP contribution in [0.5, 0.6) is 0 Å². The smallest absolute Gasteiger partial charge is 0.0540 e. The van der Waals surface area contributed by atoms with Crippen molar-refractivity contribution in [1.82, 2.24) is 4.90 Å². The lowest BCUT2D eigenvalue weighted by Gasteiger charge is -2.32. The fraction of sp³-hybridized carbons (Fsp3) is 0.556. The molecule has 0 aliphatic carbocycles. The lowest BCUT2D eigenvalue weighted by molar-refractivity contribution is 0.0873. The molecule has 1 N–H and O–H groups in total. The first-order valence-corrected chi connectivity index (χ1v) is 7.72. The number of aliphatic hydroxyl groups excluding tert-OH is 1. The highest BCUT2D eigenvalue weighted by atomic mass is 16.5. The number of methoxy groups -OCH3 is 1. The summed E-state index contributed by atoms with van der Waals surface area (Å²) in [6.45, 7) is 4.18. The zero-order chi connectivity index (χ0) is 14.9. The Kier molecular flexibility index (Phi) is 6.75. The van der Waals surface area contributed by atoms with Crippen LogP contribution < -0.4 is 0 Å². The Labute approximate surface area is 127 Å². The van der Waals surface area contributed by atoms with Gasteiger partial charge in [-0.15, -0.1) is 0 Å². The van der Waals surface area contributed by atoms with Gasteiger partial charge in [-0.05, 0) is 36.9 Å². The molecule has 0 aromatic heterocycles. The third kappa shape index (κ3) is 5.17. The number of nitrogens with zero attached hydrogens (tertiary/aromatic N) is 1. The maximum atomic E-state index is 8.83. The van der Waals surface area contributed by atoms with Gasteiger partial charge in [0.05, 0.1) is 13.2 Å². The average Bonchev–Trinajstić information content (AvgIpc) is 2.50. The van der Waals surface area contributed by atoms with Crippen molar-refractivity contribution in [2.24, 2.45) is 5.92 Å². The van der Waals surface area contributed by atoms with E-state index in [0.717, 1.165) is 31.8 Å². The largest absolute Gasteiger partial charge is 0.395 e. The van der Waals surface area contributed by atoms with Crippen LogP contribution in [0.2, 0.25) is 0 Å². The Bertz CT molecular complexity index is 487. The molecule has 0 radical (unpaired) electrons. The first-order valence-electron chi connectivity index (χ1n) is 7.72. The first-order chi connectivity index (χ1) is 10.3. The Morgan fingerprint density at radius 3 is 3.05 bits per heavy atom. The van der Waals surface area contributed by atoms with E-state index in [2.05, 4.69) is 34.9 Å². The summed E-state index contributed by atoms with van der Waals surface area (Å²) in [4.78, 5) is 2.50. The predicted octanol–water partition coefficient (Wildman–Crippen LogP) is 2.28. The molecule has 114 valence electrons. The molecule has 21 heavy (non-hydrogen) atoms. The van der Waals surface area contributed by atoms with Crippen LogP contribution in [0.25, 0.3) is 0 Å². The van der Waals surface area contributed by atoms with Gasteiger partial charge in [0.2, 0.25) is 0 Å². The van der Waals surface area contributed by atoms with Gasteiger partial charge >= 0.3 is 0 Å². The van der Waals surface area contributed by atoms with Crippen LogP contribution in [-0.2, 0) is 11.3 Å². The maximum absolute atomic E-state index is 8.83. The second-order valence-corrected chi connectivity index (χ2v) is 5.63. The second kappa shape index (κ2) is 8.84. The maximum Gasteiger partial charge on any atom is 0.0540 e. The minimum absolute atomic E-state index is 0.125. The van der Waals surface area contributed by atoms with E-state index in [9.17, 15) is 0 Å². The van der Waals surface area contributed by atoms with Crippen LogP contribution in [0.15, 0.2) is 24.3 Å². The van der Waals surface area contributed by atoms with Crippen LogP contribution in [-0.4, -0.2) is 43.4 Å². The Balaban J connectivity index is 2.00. The monoisotopic (exact) mass is 287 g/mol. The van der Waals surface area contributed by atoms with E-state index < -0.39 is 0 Å². The third-order valence-electron chi connectivity index (χ3n) is 3.88. The summed E-state index contributed by atoms with van der Waals surface area (Å²) >= 11 is 0. The van der Waals surface area contributed by atoms with Crippen molar-refractivity contribution in [3.05, 3.63) is 35.4 Å². The number of aliphatic hydroxyl groups is 1. The number of likely N-dealkylation sites (tertiary alicyclic amines) is 1. The van der Waals surface area contributed by atoms with Crippen molar-refractivity contribution in [1.29, 1.82) is 0 Å². The highest BCUT2D eigenvalue weighted by Gasteiger charge is 2.20. The zero-order valence-corrected chi connectivity index (χ0v) is 12.8. The molecular formula is C18H25NO2. The normalized spacial score (nSPS) is 19.0. The number of hydrogen-bond acceptors (Lipinski definition) is 3. The SMILES string of the molecule is COCC1CCCN(Cc2ccccc2C#CCCO)C1. The van der Waals surface area contributed by atoms with Crippen molar-refractivity contribution < 1.29 is 9.84 Å².